The number of ether oxygens (including phenoxy) is 2. The van der Waals surface area contributed by atoms with Crippen LogP contribution in [0.1, 0.15) is 47.4 Å². The maximum atomic E-state index is 13.7. The van der Waals surface area contributed by atoms with Crippen LogP contribution in [0.4, 0.5) is 0 Å². The number of carbonyl (C=O) groups excluding carboxylic acids is 1. The zero-order chi connectivity index (χ0) is 27.3. The molecule has 2 aromatic carbocycles. The van der Waals surface area contributed by atoms with Gasteiger partial charge in [0.1, 0.15) is 12.4 Å². The molecule has 3 aromatic rings. The van der Waals surface area contributed by atoms with E-state index >= 15 is 0 Å². The van der Waals surface area contributed by atoms with Gasteiger partial charge in [0.2, 0.25) is 15.9 Å². The second-order valence-corrected chi connectivity index (χ2v) is 12.8. The topological polar surface area (TPSA) is 76.2 Å². The fourth-order valence-electron chi connectivity index (χ4n) is 4.58. The van der Waals surface area contributed by atoms with Crippen molar-refractivity contribution in [1.82, 2.24) is 9.21 Å². The molecule has 0 spiro atoms. The molecule has 2 heterocycles. The van der Waals surface area contributed by atoms with Crippen LogP contribution in [0.5, 0.6) is 5.75 Å². The number of benzene rings is 2. The molecule has 0 bridgehead atoms. The van der Waals surface area contributed by atoms with Crippen molar-refractivity contribution in [3.8, 4) is 5.75 Å². The van der Waals surface area contributed by atoms with E-state index in [-0.39, 0.29) is 36.5 Å². The fraction of sp³-hybridized carbons (Fsp3) is 0.414. The van der Waals surface area contributed by atoms with Crippen molar-refractivity contribution in [2.45, 2.75) is 44.0 Å². The second kappa shape index (κ2) is 12.4. The molecule has 0 saturated carbocycles. The van der Waals surface area contributed by atoms with Gasteiger partial charge < -0.3 is 14.4 Å². The lowest BCUT2D eigenvalue weighted by molar-refractivity contribution is -0.135. The Morgan fingerprint density at radius 3 is 2.47 bits per heavy atom. The molecule has 0 fully saturated rings. The number of amides is 1. The van der Waals surface area contributed by atoms with E-state index in [0.29, 0.717) is 19.1 Å². The zero-order valence-electron chi connectivity index (χ0n) is 22.4. The van der Waals surface area contributed by atoms with Crippen LogP contribution >= 0.6 is 11.3 Å². The third-order valence-electron chi connectivity index (χ3n) is 6.89. The van der Waals surface area contributed by atoms with Crippen molar-refractivity contribution in [1.29, 1.82) is 0 Å². The predicted molar refractivity (Wildman–Crippen MR) is 150 cm³/mol. The predicted octanol–water partition coefficient (Wildman–Crippen LogP) is 5.02. The van der Waals surface area contributed by atoms with Crippen LogP contribution < -0.4 is 4.74 Å². The van der Waals surface area contributed by atoms with Crippen LogP contribution in [0.3, 0.4) is 0 Å². The molecular weight excluding hydrogens is 520 g/mol. The molecule has 1 aliphatic rings. The number of methoxy groups -OCH3 is 1. The molecule has 1 aromatic heterocycles. The fourth-order valence-corrected chi connectivity index (χ4v) is 6.88. The number of thiophene rings is 1. The highest BCUT2D eigenvalue weighted by molar-refractivity contribution is 7.89. The Morgan fingerprint density at radius 1 is 1.11 bits per heavy atom. The minimum absolute atomic E-state index is 0.0827. The van der Waals surface area contributed by atoms with Crippen LogP contribution in [0, 0.1) is 6.92 Å². The van der Waals surface area contributed by atoms with Gasteiger partial charge in [-0.3, -0.25) is 4.79 Å². The minimum atomic E-state index is -3.88. The summed E-state index contributed by atoms with van der Waals surface area (Å²) in [7, 11) is -2.36. The Labute approximate surface area is 230 Å². The molecule has 0 unspecified atom stereocenters. The highest BCUT2D eigenvalue weighted by atomic mass is 32.2. The summed E-state index contributed by atoms with van der Waals surface area (Å²) in [5, 5.41) is 2.04. The van der Waals surface area contributed by atoms with Gasteiger partial charge >= 0.3 is 0 Å². The molecule has 1 amide bonds. The summed E-state index contributed by atoms with van der Waals surface area (Å²) in [6, 6.07) is 16.4. The van der Waals surface area contributed by atoms with Crippen LogP contribution in [0.25, 0.3) is 0 Å². The van der Waals surface area contributed by atoms with Gasteiger partial charge in [0, 0.05) is 25.1 Å². The summed E-state index contributed by atoms with van der Waals surface area (Å²) >= 11 is 1.68. The standard InChI is InChI=1S/C29H36N2O5S2/c1-21(2)23-7-9-24(10-8-23)36-20-27-26-14-18-37-28(26)13-15-31(27)29(32)19-30(16-17-35-4)38(33,34)25-11-5-22(3)6-12-25/h5-12,14,18,21,27H,13,15-17,19-20H2,1-4H3/t27-/m0/s1. The minimum Gasteiger partial charge on any atom is -0.491 e. The van der Waals surface area contributed by atoms with Gasteiger partial charge in [-0.2, -0.15) is 4.31 Å². The first-order valence-electron chi connectivity index (χ1n) is 12.8. The normalized spacial score (nSPS) is 15.6. The summed E-state index contributed by atoms with van der Waals surface area (Å²) < 4.78 is 39.5. The number of fused-ring (bicyclic) bond motifs is 1. The van der Waals surface area contributed by atoms with Gasteiger partial charge in [-0.05, 0) is 66.1 Å². The van der Waals surface area contributed by atoms with E-state index < -0.39 is 10.0 Å². The monoisotopic (exact) mass is 556 g/mol. The van der Waals surface area contributed by atoms with Crippen molar-refractivity contribution in [2.75, 3.05) is 40.0 Å². The lowest BCUT2D eigenvalue weighted by Crippen LogP contribution is -2.48. The average molecular weight is 557 g/mol. The SMILES string of the molecule is COCCN(CC(=O)N1CCc2sccc2[C@@H]1COc1ccc(C(C)C)cc1)S(=O)(=O)c1ccc(C)cc1. The Balaban J connectivity index is 1.54. The number of aryl methyl sites for hydroxylation is 1. The van der Waals surface area contributed by atoms with Crippen LogP contribution in [0.15, 0.2) is 64.9 Å². The van der Waals surface area contributed by atoms with E-state index in [1.807, 2.05) is 30.5 Å². The first kappa shape index (κ1) is 28.3. The van der Waals surface area contributed by atoms with Crippen molar-refractivity contribution in [3.63, 3.8) is 0 Å². The number of hydrogen-bond acceptors (Lipinski definition) is 6. The van der Waals surface area contributed by atoms with Gasteiger partial charge in [0.25, 0.3) is 0 Å². The number of rotatable bonds is 11. The largest absolute Gasteiger partial charge is 0.491 e. The van der Waals surface area contributed by atoms with Crippen molar-refractivity contribution in [3.05, 3.63) is 81.5 Å². The zero-order valence-corrected chi connectivity index (χ0v) is 24.1. The molecule has 1 atom stereocenters. The van der Waals surface area contributed by atoms with E-state index in [4.69, 9.17) is 9.47 Å². The molecule has 4 rings (SSSR count). The first-order valence-corrected chi connectivity index (χ1v) is 15.2. The smallest absolute Gasteiger partial charge is 0.243 e. The molecule has 0 N–H and O–H groups in total. The van der Waals surface area contributed by atoms with Gasteiger partial charge in [0.15, 0.2) is 0 Å². The van der Waals surface area contributed by atoms with Crippen molar-refractivity contribution in [2.24, 2.45) is 0 Å². The Morgan fingerprint density at radius 2 is 1.82 bits per heavy atom. The van der Waals surface area contributed by atoms with E-state index in [0.717, 1.165) is 23.3 Å². The summed E-state index contributed by atoms with van der Waals surface area (Å²) in [6.45, 7) is 7.00. The number of carbonyl (C=O) groups is 1. The first-order chi connectivity index (χ1) is 18.2. The third kappa shape index (κ3) is 6.46. The molecular formula is C29H36N2O5S2. The summed E-state index contributed by atoms with van der Waals surface area (Å²) in [6.07, 6.45) is 0.737. The third-order valence-corrected chi connectivity index (χ3v) is 9.74. The molecule has 0 aliphatic carbocycles. The van der Waals surface area contributed by atoms with E-state index in [9.17, 15) is 13.2 Å². The second-order valence-electron chi connectivity index (χ2n) is 9.83. The number of hydrogen-bond donors (Lipinski definition) is 0. The molecule has 204 valence electrons. The molecule has 7 nitrogen and oxygen atoms in total. The maximum absolute atomic E-state index is 13.7. The van der Waals surface area contributed by atoms with E-state index in [1.165, 1.54) is 21.9 Å². The van der Waals surface area contributed by atoms with Crippen LogP contribution in [0.2, 0.25) is 0 Å². The molecule has 9 heteroatoms. The van der Waals surface area contributed by atoms with Crippen LogP contribution in [-0.4, -0.2) is 63.5 Å². The summed E-state index contributed by atoms with van der Waals surface area (Å²) in [5.74, 6) is 0.923. The maximum Gasteiger partial charge on any atom is 0.243 e. The van der Waals surface area contributed by atoms with Gasteiger partial charge in [-0.25, -0.2) is 8.42 Å². The van der Waals surface area contributed by atoms with E-state index in [1.54, 1.807) is 40.5 Å². The van der Waals surface area contributed by atoms with Crippen molar-refractivity contribution < 1.29 is 22.7 Å². The summed E-state index contributed by atoms with van der Waals surface area (Å²) in [4.78, 5) is 16.9. The number of nitrogens with zero attached hydrogens (tertiary/aromatic N) is 2. The van der Waals surface area contributed by atoms with Gasteiger partial charge in [-0.15, -0.1) is 11.3 Å². The van der Waals surface area contributed by atoms with E-state index in [2.05, 4.69) is 26.0 Å². The number of sulfonamides is 1. The highest BCUT2D eigenvalue weighted by Gasteiger charge is 2.35. The molecule has 1 aliphatic heterocycles. The quantitative estimate of drug-likeness (QED) is 0.332. The van der Waals surface area contributed by atoms with Crippen LogP contribution in [-0.2, 0) is 26.0 Å². The average Bonchev–Trinajstić information content (AvgIpc) is 3.39. The Hall–Kier alpha value is -2.72. The molecule has 0 radical (unpaired) electrons. The Kier molecular flexibility index (Phi) is 9.25. The van der Waals surface area contributed by atoms with Gasteiger partial charge in [-0.1, -0.05) is 43.7 Å². The Bertz CT molecular complexity index is 1320. The lowest BCUT2D eigenvalue weighted by atomic mass is 10.0. The van der Waals surface area contributed by atoms with Gasteiger partial charge in [0.05, 0.1) is 24.1 Å². The molecule has 38 heavy (non-hydrogen) atoms. The molecule has 0 saturated heterocycles. The lowest BCUT2D eigenvalue weighted by Gasteiger charge is -2.37. The summed E-state index contributed by atoms with van der Waals surface area (Å²) in [5.41, 5.74) is 3.26. The highest BCUT2D eigenvalue weighted by Crippen LogP contribution is 2.34. The van der Waals surface area contributed by atoms with Crippen molar-refractivity contribution >= 4 is 27.3 Å².